The maximum absolute atomic E-state index is 13.4. The van der Waals surface area contributed by atoms with Gasteiger partial charge in [0.05, 0.1) is 6.04 Å². The van der Waals surface area contributed by atoms with Gasteiger partial charge in [-0.25, -0.2) is 4.79 Å². The molecule has 32 heavy (non-hydrogen) atoms. The number of hydrogen-bond donors (Lipinski definition) is 1. The van der Waals surface area contributed by atoms with E-state index in [9.17, 15) is 9.59 Å². The number of nitrogens with one attached hydrogen (secondary N) is 1. The fourth-order valence-corrected chi connectivity index (χ4v) is 4.87. The average Bonchev–Trinajstić information content (AvgIpc) is 3.20. The van der Waals surface area contributed by atoms with Gasteiger partial charge in [-0.15, -0.1) is 11.3 Å². The van der Waals surface area contributed by atoms with Crippen LogP contribution in [-0.4, -0.2) is 53.5 Å². The number of aryl methyl sites for hydroxylation is 1. The lowest BCUT2D eigenvalue weighted by Crippen LogP contribution is -2.53. The maximum Gasteiger partial charge on any atom is 0.318 e. The van der Waals surface area contributed by atoms with Crippen molar-refractivity contribution in [1.29, 1.82) is 0 Å². The number of fused-ring (bicyclic) bond motifs is 1. The van der Waals surface area contributed by atoms with Crippen LogP contribution in [-0.2, 0) is 11.2 Å². The van der Waals surface area contributed by atoms with E-state index < -0.39 is 0 Å². The van der Waals surface area contributed by atoms with E-state index in [1.165, 1.54) is 4.88 Å². The van der Waals surface area contributed by atoms with Crippen molar-refractivity contribution in [3.05, 3.63) is 51.7 Å². The van der Waals surface area contributed by atoms with Crippen LogP contribution in [0.15, 0.2) is 35.7 Å². The second-order valence-electron chi connectivity index (χ2n) is 9.33. The van der Waals surface area contributed by atoms with Crippen molar-refractivity contribution in [1.82, 2.24) is 15.1 Å². The molecule has 2 heterocycles. The van der Waals surface area contributed by atoms with Gasteiger partial charge in [0.2, 0.25) is 5.91 Å². The number of ether oxygens (including phenoxy) is 1. The van der Waals surface area contributed by atoms with Gasteiger partial charge >= 0.3 is 6.03 Å². The molecule has 174 valence electrons. The Hall–Kier alpha value is -2.54. The first-order valence-electron chi connectivity index (χ1n) is 11.3. The van der Waals surface area contributed by atoms with Gasteiger partial charge in [-0.05, 0) is 69.2 Å². The highest BCUT2D eigenvalue weighted by atomic mass is 32.1. The zero-order chi connectivity index (χ0) is 23.3. The topological polar surface area (TPSA) is 61.9 Å². The number of nitrogens with zero attached hydrogens (tertiary/aromatic N) is 2. The minimum Gasteiger partial charge on any atom is -0.491 e. The Morgan fingerprint density at radius 2 is 2.00 bits per heavy atom. The minimum atomic E-state index is -0.354. The smallest absolute Gasteiger partial charge is 0.318 e. The van der Waals surface area contributed by atoms with Gasteiger partial charge in [0.15, 0.2) is 0 Å². The predicted molar refractivity (Wildman–Crippen MR) is 129 cm³/mol. The summed E-state index contributed by atoms with van der Waals surface area (Å²) < 4.78 is 6.17. The molecule has 0 spiro atoms. The molecule has 0 fully saturated rings. The van der Waals surface area contributed by atoms with Crippen molar-refractivity contribution in [2.75, 3.05) is 26.2 Å². The van der Waals surface area contributed by atoms with Gasteiger partial charge in [0.1, 0.15) is 18.9 Å². The molecule has 0 bridgehead atoms. The van der Waals surface area contributed by atoms with Gasteiger partial charge in [0.25, 0.3) is 0 Å². The van der Waals surface area contributed by atoms with Crippen LogP contribution in [0.25, 0.3) is 0 Å². The largest absolute Gasteiger partial charge is 0.491 e. The molecular weight excluding hydrogens is 422 g/mol. The first-order chi connectivity index (χ1) is 15.2. The van der Waals surface area contributed by atoms with Crippen molar-refractivity contribution in [2.45, 2.75) is 59.0 Å². The highest BCUT2D eigenvalue weighted by Gasteiger charge is 2.33. The monoisotopic (exact) mass is 457 g/mol. The first-order valence-corrected chi connectivity index (χ1v) is 12.2. The van der Waals surface area contributed by atoms with Gasteiger partial charge in [0, 0.05) is 23.5 Å². The van der Waals surface area contributed by atoms with Crippen LogP contribution >= 0.6 is 11.3 Å². The minimum absolute atomic E-state index is 0.0438. The van der Waals surface area contributed by atoms with Crippen LogP contribution in [0.4, 0.5) is 4.79 Å². The summed E-state index contributed by atoms with van der Waals surface area (Å²) in [6, 6.07) is 9.66. The summed E-state index contributed by atoms with van der Waals surface area (Å²) in [6.45, 7) is 11.5. The van der Waals surface area contributed by atoms with Crippen molar-refractivity contribution >= 4 is 23.3 Å². The molecule has 1 N–H and O–H groups in total. The number of carbonyl (C=O) groups is 2. The molecule has 1 aliphatic heterocycles. The molecule has 1 aliphatic rings. The van der Waals surface area contributed by atoms with Crippen LogP contribution in [0.2, 0.25) is 0 Å². The lowest BCUT2D eigenvalue weighted by Gasteiger charge is -2.37. The normalized spacial score (nSPS) is 15.8. The Bertz CT molecular complexity index is 935. The third-order valence-corrected chi connectivity index (χ3v) is 6.49. The first kappa shape index (κ1) is 24.1. The van der Waals surface area contributed by atoms with Crippen LogP contribution in [0.1, 0.15) is 56.2 Å². The van der Waals surface area contributed by atoms with Gasteiger partial charge in [-0.3, -0.25) is 4.79 Å². The van der Waals surface area contributed by atoms with Crippen LogP contribution in [0.3, 0.4) is 0 Å². The lowest BCUT2D eigenvalue weighted by atomic mass is 10.0. The van der Waals surface area contributed by atoms with Gasteiger partial charge < -0.3 is 19.9 Å². The Morgan fingerprint density at radius 3 is 2.69 bits per heavy atom. The van der Waals surface area contributed by atoms with E-state index in [4.69, 9.17) is 4.74 Å². The highest BCUT2D eigenvalue weighted by molar-refractivity contribution is 7.10. The number of benzene rings is 1. The van der Waals surface area contributed by atoms with Crippen LogP contribution in [0, 0.1) is 6.92 Å². The molecular formula is C25H35N3O3S. The van der Waals surface area contributed by atoms with Crippen molar-refractivity contribution in [2.24, 2.45) is 0 Å². The van der Waals surface area contributed by atoms with E-state index in [1.54, 1.807) is 16.2 Å². The molecule has 7 heteroatoms. The second kappa shape index (κ2) is 10.4. The summed E-state index contributed by atoms with van der Waals surface area (Å²) in [5.41, 5.74) is 1.87. The standard InChI is InChI=1S/C25H35N3O3S/c1-6-13-27(24(30)26-25(3,4)5)16-23(29)28-14-11-22-19(12-15-32-22)20(28)17-31-21-10-8-7-9-18(21)2/h7-10,12,15,20H,6,11,13-14,16-17H2,1-5H3,(H,26,30). The molecule has 0 saturated carbocycles. The number of rotatable bonds is 7. The summed E-state index contributed by atoms with van der Waals surface area (Å²) in [7, 11) is 0. The molecule has 0 aliphatic carbocycles. The Balaban J connectivity index is 1.76. The molecule has 1 aromatic heterocycles. The number of urea groups is 1. The number of amides is 3. The van der Waals surface area contributed by atoms with E-state index >= 15 is 0 Å². The summed E-state index contributed by atoms with van der Waals surface area (Å²) in [5, 5.41) is 5.06. The fraction of sp³-hybridized carbons (Fsp3) is 0.520. The maximum atomic E-state index is 13.4. The fourth-order valence-electron chi connectivity index (χ4n) is 3.94. The molecule has 6 nitrogen and oxygen atoms in total. The molecule has 3 amide bonds. The molecule has 1 unspecified atom stereocenters. The summed E-state index contributed by atoms with van der Waals surface area (Å²) in [4.78, 5) is 31.0. The lowest BCUT2D eigenvalue weighted by molar-refractivity contribution is -0.135. The van der Waals surface area contributed by atoms with E-state index in [1.807, 2.05) is 63.8 Å². The Kier molecular flexibility index (Phi) is 7.82. The Labute approximate surface area is 195 Å². The molecule has 0 radical (unpaired) electrons. The average molecular weight is 458 g/mol. The van der Waals surface area contributed by atoms with E-state index in [0.717, 1.165) is 29.7 Å². The van der Waals surface area contributed by atoms with E-state index in [0.29, 0.717) is 19.7 Å². The number of para-hydroxylation sites is 1. The van der Waals surface area contributed by atoms with Gasteiger partial charge in [-0.1, -0.05) is 25.1 Å². The van der Waals surface area contributed by atoms with Crippen molar-refractivity contribution in [3.63, 3.8) is 0 Å². The van der Waals surface area contributed by atoms with E-state index in [-0.39, 0.29) is 30.1 Å². The zero-order valence-corrected chi connectivity index (χ0v) is 20.6. The molecule has 3 rings (SSSR count). The quantitative estimate of drug-likeness (QED) is 0.651. The third kappa shape index (κ3) is 6.03. The summed E-state index contributed by atoms with van der Waals surface area (Å²) in [5.74, 6) is 0.789. The van der Waals surface area contributed by atoms with Crippen LogP contribution in [0.5, 0.6) is 5.75 Å². The van der Waals surface area contributed by atoms with Crippen molar-refractivity contribution in [3.8, 4) is 5.75 Å². The molecule has 0 saturated heterocycles. The van der Waals surface area contributed by atoms with Gasteiger partial charge in [-0.2, -0.15) is 0 Å². The van der Waals surface area contributed by atoms with Crippen molar-refractivity contribution < 1.29 is 14.3 Å². The molecule has 2 aromatic rings. The van der Waals surface area contributed by atoms with E-state index in [2.05, 4.69) is 16.8 Å². The molecule has 1 aromatic carbocycles. The number of hydrogen-bond acceptors (Lipinski definition) is 4. The third-order valence-electron chi connectivity index (χ3n) is 5.49. The molecule has 1 atom stereocenters. The number of carbonyl (C=O) groups excluding carboxylic acids is 2. The highest BCUT2D eigenvalue weighted by Crippen LogP contribution is 2.34. The van der Waals surface area contributed by atoms with Crippen LogP contribution < -0.4 is 10.1 Å². The SMILES string of the molecule is CCCN(CC(=O)N1CCc2sccc2C1COc1ccccc1C)C(=O)NC(C)(C)C. The summed E-state index contributed by atoms with van der Waals surface area (Å²) in [6.07, 6.45) is 1.63. The predicted octanol–water partition coefficient (Wildman–Crippen LogP) is 4.78. The number of thiophene rings is 1. The second-order valence-corrected chi connectivity index (χ2v) is 10.3. The summed E-state index contributed by atoms with van der Waals surface area (Å²) >= 11 is 1.73. The zero-order valence-electron chi connectivity index (χ0n) is 19.8. The Morgan fingerprint density at radius 1 is 1.25 bits per heavy atom.